The number of aromatic nitrogens is 2. The summed E-state index contributed by atoms with van der Waals surface area (Å²) in [5.74, 6) is 0.824. The molecule has 3 aromatic rings. The van der Waals surface area contributed by atoms with E-state index in [1.54, 1.807) is 13.8 Å². The highest BCUT2D eigenvalue weighted by atomic mass is 32.2. The van der Waals surface area contributed by atoms with Gasteiger partial charge in [-0.1, -0.05) is 23.4 Å². The van der Waals surface area contributed by atoms with Crippen molar-refractivity contribution in [1.29, 1.82) is 0 Å². The molecule has 2 aromatic heterocycles. The highest BCUT2D eigenvalue weighted by Gasteiger charge is 2.28. The van der Waals surface area contributed by atoms with Gasteiger partial charge in [-0.2, -0.15) is 0 Å². The van der Waals surface area contributed by atoms with Crippen molar-refractivity contribution in [2.24, 2.45) is 0 Å². The molecule has 0 atom stereocenters. The van der Waals surface area contributed by atoms with Crippen molar-refractivity contribution in [3.63, 3.8) is 0 Å². The molecule has 1 N–H and O–H groups in total. The maximum absolute atomic E-state index is 13.0. The fourth-order valence-corrected chi connectivity index (χ4v) is 4.73. The van der Waals surface area contributed by atoms with Gasteiger partial charge in [-0.3, -0.25) is 14.6 Å². The second-order valence-corrected chi connectivity index (χ2v) is 8.93. The van der Waals surface area contributed by atoms with Gasteiger partial charge in [-0.25, -0.2) is 0 Å². The number of hydrogen-bond donors (Lipinski definition) is 1. The smallest absolute Gasteiger partial charge is 0.259 e. The summed E-state index contributed by atoms with van der Waals surface area (Å²) in [6, 6.07) is 9.88. The lowest BCUT2D eigenvalue weighted by atomic mass is 9.94. The first-order valence-corrected chi connectivity index (χ1v) is 11.6. The summed E-state index contributed by atoms with van der Waals surface area (Å²) in [6.07, 6.45) is 2.56. The van der Waals surface area contributed by atoms with E-state index in [4.69, 9.17) is 4.52 Å². The molecule has 0 unspecified atom stereocenters. The van der Waals surface area contributed by atoms with E-state index < -0.39 is 0 Å². The van der Waals surface area contributed by atoms with Crippen molar-refractivity contribution < 1.29 is 14.1 Å². The zero-order valence-corrected chi connectivity index (χ0v) is 19.3. The van der Waals surface area contributed by atoms with E-state index in [0.717, 1.165) is 28.1 Å². The van der Waals surface area contributed by atoms with Gasteiger partial charge >= 0.3 is 0 Å². The van der Waals surface area contributed by atoms with E-state index in [2.05, 4.69) is 15.5 Å². The van der Waals surface area contributed by atoms with Crippen LogP contribution >= 0.6 is 11.8 Å². The zero-order valence-electron chi connectivity index (χ0n) is 18.5. The molecule has 0 spiro atoms. The van der Waals surface area contributed by atoms with Gasteiger partial charge < -0.3 is 14.7 Å². The number of nitrogens with zero attached hydrogens (tertiary/aromatic N) is 3. The number of carbonyl (C=O) groups excluding carboxylic acids is 2. The number of aryl methyl sites for hydroxylation is 3. The lowest BCUT2D eigenvalue weighted by molar-refractivity contribution is -0.118. The van der Waals surface area contributed by atoms with Crippen molar-refractivity contribution in [2.75, 3.05) is 12.3 Å². The third-order valence-electron chi connectivity index (χ3n) is 5.71. The molecular weight excluding hydrogens is 424 g/mol. The minimum atomic E-state index is -0.0692. The molecule has 0 saturated heterocycles. The van der Waals surface area contributed by atoms with Gasteiger partial charge in [0.2, 0.25) is 5.91 Å². The van der Waals surface area contributed by atoms with Gasteiger partial charge in [-0.15, -0.1) is 11.8 Å². The summed E-state index contributed by atoms with van der Waals surface area (Å²) in [5, 5.41) is 6.93. The summed E-state index contributed by atoms with van der Waals surface area (Å²) in [6.45, 7) is 7.02. The molecule has 0 aliphatic carbocycles. The summed E-state index contributed by atoms with van der Waals surface area (Å²) < 4.78 is 5.16. The van der Waals surface area contributed by atoms with Gasteiger partial charge in [0, 0.05) is 36.4 Å². The fourth-order valence-electron chi connectivity index (χ4n) is 3.98. The molecule has 8 heteroatoms. The Morgan fingerprint density at radius 3 is 2.66 bits per heavy atom. The molecule has 3 heterocycles. The van der Waals surface area contributed by atoms with E-state index in [-0.39, 0.29) is 11.8 Å². The highest BCUT2D eigenvalue weighted by molar-refractivity contribution is 8.00. The van der Waals surface area contributed by atoms with Gasteiger partial charge in [-0.05, 0) is 56.0 Å². The Morgan fingerprint density at radius 1 is 1.16 bits per heavy atom. The monoisotopic (exact) mass is 450 g/mol. The third kappa shape index (κ3) is 4.70. The Hall–Kier alpha value is -3.13. The average Bonchev–Trinajstić information content (AvgIpc) is 3.14. The third-order valence-corrected chi connectivity index (χ3v) is 6.72. The van der Waals surface area contributed by atoms with Crippen molar-refractivity contribution in [1.82, 2.24) is 20.4 Å². The summed E-state index contributed by atoms with van der Waals surface area (Å²) in [4.78, 5) is 32.8. The van der Waals surface area contributed by atoms with E-state index in [1.165, 1.54) is 17.3 Å². The Kier molecular flexibility index (Phi) is 6.60. The number of amides is 2. The molecule has 1 aliphatic heterocycles. The molecule has 1 aliphatic rings. The molecule has 0 radical (unpaired) electrons. The van der Waals surface area contributed by atoms with Crippen LogP contribution in [0.4, 0.5) is 0 Å². The Bertz CT molecular complexity index is 1120. The first-order valence-electron chi connectivity index (χ1n) is 10.6. The molecule has 0 fully saturated rings. The van der Waals surface area contributed by atoms with Crippen LogP contribution in [0.1, 0.15) is 44.2 Å². The minimum Gasteiger partial charge on any atom is -0.361 e. The minimum absolute atomic E-state index is 0.0121. The second-order valence-electron chi connectivity index (χ2n) is 7.88. The van der Waals surface area contributed by atoms with Gasteiger partial charge in [0.05, 0.1) is 11.4 Å². The normalized spacial score (nSPS) is 13.0. The van der Waals surface area contributed by atoms with Crippen LogP contribution in [0.15, 0.2) is 45.9 Å². The SMILES string of the molecule is Cc1ncc2c(c1CNC(=O)CSc1ccccc1)CCN(C(=O)c1c(C)noc1C)C2. The first-order chi connectivity index (χ1) is 15.4. The predicted molar refractivity (Wildman–Crippen MR) is 122 cm³/mol. The number of benzene rings is 1. The van der Waals surface area contributed by atoms with E-state index in [9.17, 15) is 9.59 Å². The Balaban J connectivity index is 1.42. The van der Waals surface area contributed by atoms with Gasteiger partial charge in [0.15, 0.2) is 0 Å². The van der Waals surface area contributed by atoms with Crippen molar-refractivity contribution in [3.8, 4) is 0 Å². The number of rotatable bonds is 6. The molecule has 1 aromatic carbocycles. The van der Waals surface area contributed by atoms with Crippen LogP contribution in [0.2, 0.25) is 0 Å². The van der Waals surface area contributed by atoms with Crippen LogP contribution in [-0.4, -0.2) is 39.2 Å². The molecule has 7 nitrogen and oxygen atoms in total. The molecule has 0 saturated carbocycles. The summed E-state index contributed by atoms with van der Waals surface area (Å²) in [7, 11) is 0. The summed E-state index contributed by atoms with van der Waals surface area (Å²) >= 11 is 1.52. The summed E-state index contributed by atoms with van der Waals surface area (Å²) in [5.41, 5.74) is 5.30. The quantitative estimate of drug-likeness (QED) is 0.578. The largest absolute Gasteiger partial charge is 0.361 e. The topological polar surface area (TPSA) is 88.3 Å². The van der Waals surface area contributed by atoms with Crippen LogP contribution in [0, 0.1) is 20.8 Å². The molecule has 0 bridgehead atoms. The first kappa shape index (κ1) is 22.1. The van der Waals surface area contributed by atoms with Gasteiger partial charge in [0.1, 0.15) is 11.3 Å². The highest BCUT2D eigenvalue weighted by Crippen LogP contribution is 2.26. The Morgan fingerprint density at radius 2 is 1.94 bits per heavy atom. The van der Waals surface area contributed by atoms with Crippen molar-refractivity contribution in [2.45, 2.75) is 45.2 Å². The molecule has 166 valence electrons. The van der Waals surface area contributed by atoms with Crippen molar-refractivity contribution >= 4 is 23.6 Å². The number of carbonyl (C=O) groups is 2. The molecule has 32 heavy (non-hydrogen) atoms. The maximum Gasteiger partial charge on any atom is 0.259 e. The van der Waals surface area contributed by atoms with Crippen LogP contribution in [0.5, 0.6) is 0 Å². The number of hydrogen-bond acceptors (Lipinski definition) is 6. The second kappa shape index (κ2) is 9.56. The predicted octanol–water partition coefficient (Wildman–Crippen LogP) is 3.60. The number of thioether (sulfide) groups is 1. The average molecular weight is 451 g/mol. The maximum atomic E-state index is 13.0. The molecule has 2 amide bonds. The van der Waals surface area contributed by atoms with Crippen LogP contribution in [-0.2, 0) is 24.3 Å². The zero-order chi connectivity index (χ0) is 22.7. The van der Waals surface area contributed by atoms with Crippen LogP contribution in [0.3, 0.4) is 0 Å². The van der Waals surface area contributed by atoms with Crippen LogP contribution in [0.25, 0.3) is 0 Å². The van der Waals surface area contributed by atoms with E-state index in [1.807, 2.05) is 48.4 Å². The lowest BCUT2D eigenvalue weighted by Gasteiger charge is -2.30. The van der Waals surface area contributed by atoms with Crippen LogP contribution < -0.4 is 5.32 Å². The standard InChI is InChI=1S/C24H26N4O3S/c1-15-21(12-26-22(29)14-32-19-7-5-4-6-8-19)20-9-10-28(13-18(20)11-25-15)24(30)23-16(2)27-31-17(23)3/h4-8,11H,9-10,12-14H2,1-3H3,(H,26,29). The van der Waals surface area contributed by atoms with E-state index >= 15 is 0 Å². The number of pyridine rings is 1. The number of nitrogens with one attached hydrogen (secondary N) is 1. The molecular formula is C24H26N4O3S. The molecule has 4 rings (SSSR count). The van der Waals surface area contributed by atoms with Gasteiger partial charge in [0.25, 0.3) is 5.91 Å². The number of fused-ring (bicyclic) bond motifs is 1. The van der Waals surface area contributed by atoms with E-state index in [0.29, 0.717) is 42.4 Å². The lowest BCUT2D eigenvalue weighted by Crippen LogP contribution is -2.37. The fraction of sp³-hybridized carbons (Fsp3) is 0.333. The van der Waals surface area contributed by atoms with Crippen molar-refractivity contribution in [3.05, 3.63) is 75.9 Å². The Labute approximate surface area is 191 Å².